The van der Waals surface area contributed by atoms with Crippen molar-refractivity contribution in [2.24, 2.45) is 12.8 Å². The van der Waals surface area contributed by atoms with Crippen LogP contribution in [0.3, 0.4) is 0 Å². The number of carbonyl (C=O) groups excluding carboxylic acids is 1. The van der Waals surface area contributed by atoms with E-state index in [2.05, 4.69) is 22.3 Å². The normalized spacial score (nSPS) is 9.90. The van der Waals surface area contributed by atoms with E-state index in [9.17, 15) is 4.79 Å². The SMILES string of the molecule is Cc1ccc(C#CCN)c(C(=O)Nc2cc(C)nn2C)c1. The maximum Gasteiger partial charge on any atom is 0.258 e. The molecule has 0 aliphatic rings. The van der Waals surface area contributed by atoms with Gasteiger partial charge < -0.3 is 11.1 Å². The minimum Gasteiger partial charge on any atom is -0.320 e. The second-order valence-corrected chi connectivity index (χ2v) is 4.80. The Kier molecular flexibility index (Phi) is 4.41. The fourth-order valence-electron chi connectivity index (χ4n) is 2.01. The fourth-order valence-corrected chi connectivity index (χ4v) is 2.01. The standard InChI is InChI=1S/C16H18N4O/c1-11-6-7-13(5-4-8-17)14(9-11)16(21)18-15-10-12(2)19-20(15)3/h6-7,9-10H,8,17H2,1-3H3,(H,18,21). The number of carbonyl (C=O) groups is 1. The number of hydrogen-bond acceptors (Lipinski definition) is 3. The monoisotopic (exact) mass is 282 g/mol. The molecule has 0 saturated heterocycles. The molecule has 0 unspecified atom stereocenters. The van der Waals surface area contributed by atoms with E-state index in [1.165, 1.54) is 0 Å². The quantitative estimate of drug-likeness (QED) is 0.822. The molecule has 1 aromatic heterocycles. The van der Waals surface area contributed by atoms with Crippen LogP contribution in [0, 0.1) is 25.7 Å². The summed E-state index contributed by atoms with van der Waals surface area (Å²) in [6.45, 7) is 4.07. The Balaban J connectivity index is 2.34. The highest BCUT2D eigenvalue weighted by Crippen LogP contribution is 2.15. The number of hydrogen-bond donors (Lipinski definition) is 2. The van der Waals surface area contributed by atoms with Gasteiger partial charge in [-0.2, -0.15) is 5.10 Å². The Hall–Kier alpha value is -2.58. The minimum atomic E-state index is -0.206. The van der Waals surface area contributed by atoms with E-state index in [0.717, 1.165) is 11.3 Å². The Labute approximate surface area is 124 Å². The molecule has 5 nitrogen and oxygen atoms in total. The van der Waals surface area contributed by atoms with Gasteiger partial charge in [0.2, 0.25) is 0 Å². The number of nitrogens with zero attached hydrogens (tertiary/aromatic N) is 2. The lowest BCUT2D eigenvalue weighted by Gasteiger charge is -2.08. The zero-order valence-electron chi connectivity index (χ0n) is 12.4. The van der Waals surface area contributed by atoms with Gasteiger partial charge in [-0.25, -0.2) is 0 Å². The third-order valence-electron chi connectivity index (χ3n) is 2.99. The molecule has 21 heavy (non-hydrogen) atoms. The summed E-state index contributed by atoms with van der Waals surface area (Å²) in [5.74, 6) is 6.15. The maximum atomic E-state index is 12.5. The molecule has 2 aromatic rings. The van der Waals surface area contributed by atoms with Crippen molar-refractivity contribution in [2.45, 2.75) is 13.8 Å². The van der Waals surface area contributed by atoms with E-state index < -0.39 is 0 Å². The third kappa shape index (κ3) is 3.50. The largest absolute Gasteiger partial charge is 0.320 e. The summed E-state index contributed by atoms with van der Waals surface area (Å²) in [6, 6.07) is 7.39. The zero-order valence-corrected chi connectivity index (χ0v) is 12.4. The van der Waals surface area contributed by atoms with Crippen molar-refractivity contribution in [3.8, 4) is 11.8 Å². The second-order valence-electron chi connectivity index (χ2n) is 4.80. The molecule has 1 amide bonds. The van der Waals surface area contributed by atoms with Crippen LogP contribution in [0.5, 0.6) is 0 Å². The lowest BCUT2D eigenvalue weighted by molar-refractivity contribution is 0.102. The summed E-state index contributed by atoms with van der Waals surface area (Å²) in [5.41, 5.74) is 8.45. The number of rotatable bonds is 2. The summed E-state index contributed by atoms with van der Waals surface area (Å²) in [5, 5.41) is 7.06. The molecule has 5 heteroatoms. The van der Waals surface area contributed by atoms with Gasteiger partial charge in [0, 0.05) is 18.7 Å². The summed E-state index contributed by atoms with van der Waals surface area (Å²) in [6.07, 6.45) is 0. The highest BCUT2D eigenvalue weighted by molar-refractivity contribution is 6.05. The van der Waals surface area contributed by atoms with Crippen LogP contribution in [0.25, 0.3) is 0 Å². The van der Waals surface area contributed by atoms with Gasteiger partial charge in [0.1, 0.15) is 5.82 Å². The highest BCUT2D eigenvalue weighted by atomic mass is 16.1. The number of nitrogens with one attached hydrogen (secondary N) is 1. The molecule has 0 atom stereocenters. The molecule has 108 valence electrons. The molecular weight excluding hydrogens is 264 g/mol. The average Bonchev–Trinajstić information content (AvgIpc) is 2.75. The molecule has 0 bridgehead atoms. The van der Waals surface area contributed by atoms with Crippen molar-refractivity contribution in [3.05, 3.63) is 46.6 Å². The minimum absolute atomic E-state index is 0.206. The molecular formula is C16H18N4O. The average molecular weight is 282 g/mol. The van der Waals surface area contributed by atoms with Crippen LogP contribution >= 0.6 is 0 Å². The fraction of sp³-hybridized carbons (Fsp3) is 0.250. The molecule has 0 aliphatic carbocycles. The van der Waals surface area contributed by atoms with Crippen LogP contribution < -0.4 is 11.1 Å². The van der Waals surface area contributed by atoms with E-state index >= 15 is 0 Å². The van der Waals surface area contributed by atoms with Crippen LogP contribution in [0.1, 0.15) is 27.2 Å². The molecule has 2 rings (SSSR count). The van der Waals surface area contributed by atoms with Crippen LogP contribution in [0.2, 0.25) is 0 Å². The predicted octanol–water partition coefficient (Wildman–Crippen LogP) is 1.60. The molecule has 1 heterocycles. The number of amides is 1. The van der Waals surface area contributed by atoms with E-state index in [1.807, 2.05) is 38.1 Å². The zero-order chi connectivity index (χ0) is 15.4. The number of benzene rings is 1. The van der Waals surface area contributed by atoms with Gasteiger partial charge in [0.15, 0.2) is 0 Å². The van der Waals surface area contributed by atoms with E-state index in [0.29, 0.717) is 16.9 Å². The van der Waals surface area contributed by atoms with Crippen LogP contribution in [0.4, 0.5) is 5.82 Å². The first-order valence-electron chi connectivity index (χ1n) is 6.63. The van der Waals surface area contributed by atoms with Crippen molar-refractivity contribution in [2.75, 3.05) is 11.9 Å². The number of nitrogens with two attached hydrogens (primary N) is 1. The Morgan fingerprint density at radius 3 is 2.76 bits per heavy atom. The number of aryl methyl sites for hydroxylation is 3. The lowest BCUT2D eigenvalue weighted by atomic mass is 10.0. The summed E-state index contributed by atoms with van der Waals surface area (Å²) >= 11 is 0. The van der Waals surface area contributed by atoms with Crippen LogP contribution in [-0.2, 0) is 7.05 Å². The molecule has 0 fully saturated rings. The molecule has 0 radical (unpaired) electrons. The van der Waals surface area contributed by atoms with Gasteiger partial charge in [-0.1, -0.05) is 23.5 Å². The van der Waals surface area contributed by atoms with Crippen molar-refractivity contribution in [1.29, 1.82) is 0 Å². The van der Waals surface area contributed by atoms with Gasteiger partial charge in [0.25, 0.3) is 5.91 Å². The van der Waals surface area contributed by atoms with E-state index in [1.54, 1.807) is 11.7 Å². The maximum absolute atomic E-state index is 12.5. The van der Waals surface area contributed by atoms with Crippen molar-refractivity contribution in [3.63, 3.8) is 0 Å². The molecule has 0 spiro atoms. The van der Waals surface area contributed by atoms with Gasteiger partial charge in [-0.3, -0.25) is 9.48 Å². The summed E-state index contributed by atoms with van der Waals surface area (Å²) in [4.78, 5) is 12.5. The van der Waals surface area contributed by atoms with E-state index in [-0.39, 0.29) is 12.5 Å². The van der Waals surface area contributed by atoms with Crippen LogP contribution in [0.15, 0.2) is 24.3 Å². The van der Waals surface area contributed by atoms with Gasteiger partial charge in [-0.05, 0) is 26.0 Å². The number of aromatic nitrogens is 2. The Morgan fingerprint density at radius 1 is 1.38 bits per heavy atom. The first-order chi connectivity index (χ1) is 10.0. The smallest absolute Gasteiger partial charge is 0.258 e. The predicted molar refractivity (Wildman–Crippen MR) is 83.0 cm³/mol. The Bertz CT molecular complexity index is 734. The lowest BCUT2D eigenvalue weighted by Crippen LogP contribution is -2.16. The van der Waals surface area contributed by atoms with Crippen LogP contribution in [-0.4, -0.2) is 22.2 Å². The molecule has 0 aliphatic heterocycles. The van der Waals surface area contributed by atoms with Crippen molar-refractivity contribution < 1.29 is 4.79 Å². The summed E-state index contributed by atoms with van der Waals surface area (Å²) < 4.78 is 1.63. The van der Waals surface area contributed by atoms with Crippen molar-refractivity contribution >= 4 is 11.7 Å². The second kappa shape index (κ2) is 6.25. The van der Waals surface area contributed by atoms with Gasteiger partial charge >= 0.3 is 0 Å². The molecule has 1 aromatic carbocycles. The van der Waals surface area contributed by atoms with E-state index in [4.69, 9.17) is 5.73 Å². The van der Waals surface area contributed by atoms with Gasteiger partial charge in [-0.15, -0.1) is 0 Å². The number of anilines is 1. The Morgan fingerprint density at radius 2 is 2.14 bits per heavy atom. The topological polar surface area (TPSA) is 72.9 Å². The molecule has 3 N–H and O–H groups in total. The third-order valence-corrected chi connectivity index (χ3v) is 2.99. The molecule has 0 saturated carbocycles. The van der Waals surface area contributed by atoms with Crippen molar-refractivity contribution in [1.82, 2.24) is 9.78 Å². The highest BCUT2D eigenvalue weighted by Gasteiger charge is 2.13. The first-order valence-corrected chi connectivity index (χ1v) is 6.63. The van der Waals surface area contributed by atoms with Gasteiger partial charge in [0.05, 0.1) is 17.8 Å². The first kappa shape index (κ1) is 14.8. The summed E-state index contributed by atoms with van der Waals surface area (Å²) in [7, 11) is 1.79.